The molecule has 0 bridgehead atoms. The molecule has 4 N–H and O–H groups in total. The standard InChI is InChI=1S/C7H15N3O/c1-7(2)3-5(7)4-9-6(11)10-8/h5H,3-4,8H2,1-2H3,(H2,9,10,11). The molecule has 1 saturated carbocycles. The van der Waals surface area contributed by atoms with Gasteiger partial charge >= 0.3 is 6.03 Å². The van der Waals surface area contributed by atoms with Crippen molar-refractivity contribution in [1.82, 2.24) is 10.7 Å². The van der Waals surface area contributed by atoms with Gasteiger partial charge in [0.25, 0.3) is 0 Å². The van der Waals surface area contributed by atoms with Gasteiger partial charge in [0.1, 0.15) is 0 Å². The smallest absolute Gasteiger partial charge is 0.328 e. The maximum atomic E-state index is 10.6. The summed E-state index contributed by atoms with van der Waals surface area (Å²) in [6.07, 6.45) is 1.19. The van der Waals surface area contributed by atoms with E-state index in [1.807, 2.05) is 5.43 Å². The predicted molar refractivity (Wildman–Crippen MR) is 42.6 cm³/mol. The van der Waals surface area contributed by atoms with Crippen LogP contribution < -0.4 is 16.6 Å². The zero-order valence-corrected chi connectivity index (χ0v) is 6.98. The van der Waals surface area contributed by atoms with E-state index in [4.69, 9.17) is 5.84 Å². The van der Waals surface area contributed by atoms with Gasteiger partial charge in [0, 0.05) is 6.54 Å². The zero-order valence-electron chi connectivity index (χ0n) is 6.98. The highest BCUT2D eigenvalue weighted by atomic mass is 16.2. The molecule has 0 saturated heterocycles. The maximum absolute atomic E-state index is 10.6. The Morgan fingerprint density at radius 2 is 2.27 bits per heavy atom. The number of nitrogens with one attached hydrogen (secondary N) is 2. The van der Waals surface area contributed by atoms with Crippen LogP contribution >= 0.6 is 0 Å². The lowest BCUT2D eigenvalue weighted by atomic mass is 10.1. The fraction of sp³-hybridized carbons (Fsp3) is 0.857. The number of hydrogen-bond acceptors (Lipinski definition) is 2. The third kappa shape index (κ3) is 2.08. The molecule has 0 radical (unpaired) electrons. The van der Waals surface area contributed by atoms with Crippen molar-refractivity contribution in [3.05, 3.63) is 0 Å². The van der Waals surface area contributed by atoms with Crippen molar-refractivity contribution in [3.63, 3.8) is 0 Å². The first-order valence-electron chi connectivity index (χ1n) is 3.81. The Morgan fingerprint density at radius 1 is 1.73 bits per heavy atom. The van der Waals surface area contributed by atoms with Gasteiger partial charge in [0.05, 0.1) is 0 Å². The first-order valence-corrected chi connectivity index (χ1v) is 3.81. The summed E-state index contributed by atoms with van der Waals surface area (Å²) in [5.74, 6) is 5.51. The third-order valence-electron chi connectivity index (χ3n) is 2.36. The molecule has 0 aromatic carbocycles. The zero-order chi connectivity index (χ0) is 8.48. The Labute approximate surface area is 66.5 Å². The normalized spacial score (nSPS) is 25.9. The summed E-state index contributed by atoms with van der Waals surface area (Å²) in [7, 11) is 0. The quantitative estimate of drug-likeness (QED) is 0.304. The van der Waals surface area contributed by atoms with Gasteiger partial charge in [-0.2, -0.15) is 0 Å². The third-order valence-corrected chi connectivity index (χ3v) is 2.36. The molecule has 0 spiro atoms. The van der Waals surface area contributed by atoms with E-state index in [0.29, 0.717) is 11.3 Å². The second-order valence-electron chi connectivity index (χ2n) is 3.74. The fourth-order valence-corrected chi connectivity index (χ4v) is 1.19. The molecule has 1 unspecified atom stereocenters. The number of carbonyl (C=O) groups is 1. The molecule has 4 heteroatoms. The molecule has 0 aromatic rings. The number of hydrazine groups is 1. The van der Waals surface area contributed by atoms with Crippen molar-refractivity contribution in [2.24, 2.45) is 17.2 Å². The van der Waals surface area contributed by atoms with Crippen LogP contribution in [0.5, 0.6) is 0 Å². The van der Waals surface area contributed by atoms with Crippen LogP contribution in [0.15, 0.2) is 0 Å². The molecule has 1 aliphatic rings. The summed E-state index contributed by atoms with van der Waals surface area (Å²) in [5, 5.41) is 2.67. The Morgan fingerprint density at radius 3 is 2.64 bits per heavy atom. The van der Waals surface area contributed by atoms with E-state index in [1.165, 1.54) is 6.42 Å². The summed E-state index contributed by atoms with van der Waals surface area (Å²) in [4.78, 5) is 10.6. The van der Waals surface area contributed by atoms with Gasteiger partial charge in [-0.05, 0) is 17.8 Å². The number of hydrogen-bond donors (Lipinski definition) is 3. The van der Waals surface area contributed by atoms with Gasteiger partial charge in [0.15, 0.2) is 0 Å². The summed E-state index contributed by atoms with van der Waals surface area (Å²) in [6.45, 7) is 5.12. The molecular weight excluding hydrogens is 142 g/mol. The summed E-state index contributed by atoms with van der Waals surface area (Å²) in [5.41, 5.74) is 2.44. The van der Waals surface area contributed by atoms with E-state index < -0.39 is 0 Å². The molecular formula is C7H15N3O. The summed E-state index contributed by atoms with van der Waals surface area (Å²) < 4.78 is 0. The first-order chi connectivity index (χ1) is 5.06. The van der Waals surface area contributed by atoms with E-state index >= 15 is 0 Å². The highest BCUT2D eigenvalue weighted by Gasteiger charge is 2.45. The summed E-state index contributed by atoms with van der Waals surface area (Å²) in [6, 6.07) is -0.298. The van der Waals surface area contributed by atoms with Crippen molar-refractivity contribution in [1.29, 1.82) is 0 Å². The minimum absolute atomic E-state index is 0.298. The Bertz CT molecular complexity index is 167. The van der Waals surface area contributed by atoms with Crippen LogP contribution in [0.3, 0.4) is 0 Å². The Hall–Kier alpha value is -0.770. The SMILES string of the molecule is CC1(C)CC1CNC(=O)NN. The second-order valence-corrected chi connectivity index (χ2v) is 3.74. The molecule has 1 fully saturated rings. The van der Waals surface area contributed by atoms with Crippen molar-refractivity contribution in [2.45, 2.75) is 20.3 Å². The topological polar surface area (TPSA) is 67.2 Å². The first kappa shape index (κ1) is 8.33. The molecule has 0 aliphatic heterocycles. The van der Waals surface area contributed by atoms with Crippen LogP contribution in [0.4, 0.5) is 4.79 Å². The van der Waals surface area contributed by atoms with Crippen LogP contribution in [0.25, 0.3) is 0 Å². The average molecular weight is 157 g/mol. The summed E-state index contributed by atoms with van der Waals surface area (Å²) >= 11 is 0. The number of amides is 2. The predicted octanol–water partition coefficient (Wildman–Crippen LogP) is 0.205. The molecule has 11 heavy (non-hydrogen) atoms. The van der Waals surface area contributed by atoms with E-state index in [9.17, 15) is 4.79 Å². The average Bonchev–Trinajstić information content (AvgIpc) is 2.54. The fourth-order valence-electron chi connectivity index (χ4n) is 1.19. The minimum Gasteiger partial charge on any atom is -0.337 e. The van der Waals surface area contributed by atoms with Gasteiger partial charge < -0.3 is 5.32 Å². The second kappa shape index (κ2) is 2.70. The molecule has 2 amide bonds. The highest BCUT2D eigenvalue weighted by molar-refractivity contribution is 5.73. The molecule has 0 aromatic heterocycles. The van der Waals surface area contributed by atoms with Crippen LogP contribution in [0, 0.1) is 11.3 Å². The van der Waals surface area contributed by atoms with Crippen molar-refractivity contribution < 1.29 is 4.79 Å². The van der Waals surface area contributed by atoms with Crippen LogP contribution in [0.1, 0.15) is 20.3 Å². The van der Waals surface area contributed by atoms with Gasteiger partial charge in [-0.1, -0.05) is 13.8 Å². The molecule has 4 nitrogen and oxygen atoms in total. The van der Waals surface area contributed by atoms with Crippen molar-refractivity contribution in [3.8, 4) is 0 Å². The molecule has 0 heterocycles. The molecule has 1 rings (SSSR count). The van der Waals surface area contributed by atoms with Gasteiger partial charge in [-0.25, -0.2) is 10.6 Å². The maximum Gasteiger partial charge on any atom is 0.328 e. The highest BCUT2D eigenvalue weighted by Crippen LogP contribution is 2.50. The number of rotatable bonds is 2. The number of nitrogens with two attached hydrogens (primary N) is 1. The van der Waals surface area contributed by atoms with E-state index in [1.54, 1.807) is 0 Å². The van der Waals surface area contributed by atoms with Crippen molar-refractivity contribution in [2.75, 3.05) is 6.54 Å². The monoisotopic (exact) mass is 157 g/mol. The Kier molecular flexibility index (Phi) is 2.04. The molecule has 64 valence electrons. The lowest BCUT2D eigenvalue weighted by molar-refractivity contribution is 0.240. The largest absolute Gasteiger partial charge is 0.337 e. The van der Waals surface area contributed by atoms with E-state index in [-0.39, 0.29) is 6.03 Å². The van der Waals surface area contributed by atoms with Crippen LogP contribution in [-0.2, 0) is 0 Å². The lowest BCUT2D eigenvalue weighted by Crippen LogP contribution is -2.40. The lowest BCUT2D eigenvalue weighted by Gasteiger charge is -2.04. The minimum atomic E-state index is -0.298. The van der Waals surface area contributed by atoms with Gasteiger partial charge in [-0.15, -0.1) is 0 Å². The van der Waals surface area contributed by atoms with E-state index in [2.05, 4.69) is 19.2 Å². The van der Waals surface area contributed by atoms with Crippen LogP contribution in [0.2, 0.25) is 0 Å². The van der Waals surface area contributed by atoms with Gasteiger partial charge in [0.2, 0.25) is 0 Å². The van der Waals surface area contributed by atoms with Crippen molar-refractivity contribution >= 4 is 6.03 Å². The molecule has 1 atom stereocenters. The number of carbonyl (C=O) groups excluding carboxylic acids is 1. The Balaban J connectivity index is 2.11. The number of urea groups is 1. The van der Waals surface area contributed by atoms with E-state index in [0.717, 1.165) is 6.54 Å². The van der Waals surface area contributed by atoms with Crippen LogP contribution in [-0.4, -0.2) is 12.6 Å². The molecule has 1 aliphatic carbocycles. The van der Waals surface area contributed by atoms with Gasteiger partial charge in [-0.3, -0.25) is 5.43 Å².